The number of hydrogen-bond donors (Lipinski definition) is 1. The highest BCUT2D eigenvalue weighted by Gasteiger charge is 2.19. The smallest absolute Gasteiger partial charge is 0.151 e. The maximum Gasteiger partial charge on any atom is 0.151 e. The predicted molar refractivity (Wildman–Crippen MR) is 65.2 cm³/mol. The third-order valence-electron chi connectivity index (χ3n) is 2.37. The highest BCUT2D eigenvalue weighted by atomic mass is 19.1. The van der Waals surface area contributed by atoms with Crippen molar-refractivity contribution in [3.05, 3.63) is 23.8 Å². The molecule has 2 rings (SSSR count). The number of hydrogen-bond acceptors (Lipinski definition) is 3. The molecule has 0 atom stereocenters. The second-order valence-corrected chi connectivity index (χ2v) is 3.43. The molecule has 1 fully saturated rings. The van der Waals surface area contributed by atoms with E-state index in [4.69, 9.17) is 10.5 Å². The quantitative estimate of drug-likeness (QED) is 0.771. The number of rotatable bonds is 1. The molecule has 0 aliphatic carbocycles. The Balaban J connectivity index is 0.000000686. The molecule has 3 nitrogen and oxygen atoms in total. The monoisotopic (exact) mass is 244 g/mol. The molecule has 1 saturated heterocycles. The Morgan fingerprint density at radius 1 is 1.12 bits per heavy atom. The van der Waals surface area contributed by atoms with E-state index in [2.05, 4.69) is 0 Å². The summed E-state index contributed by atoms with van der Waals surface area (Å²) in [6.07, 6.45) is 0. The van der Waals surface area contributed by atoms with Gasteiger partial charge in [-0.05, 0) is 12.1 Å². The minimum Gasteiger partial charge on any atom is -0.399 e. The van der Waals surface area contributed by atoms with Gasteiger partial charge in [0.1, 0.15) is 5.69 Å². The number of nitrogen functional groups attached to an aromatic ring is 1. The van der Waals surface area contributed by atoms with Crippen molar-refractivity contribution in [1.82, 2.24) is 0 Å². The molecule has 1 aromatic rings. The van der Waals surface area contributed by atoms with Crippen molar-refractivity contribution in [3.8, 4) is 0 Å². The highest BCUT2D eigenvalue weighted by Crippen LogP contribution is 2.26. The zero-order chi connectivity index (χ0) is 12.8. The van der Waals surface area contributed by atoms with E-state index in [0.717, 1.165) is 12.1 Å². The van der Waals surface area contributed by atoms with Gasteiger partial charge in [0.15, 0.2) is 11.6 Å². The molecular weight excluding hydrogens is 226 g/mol. The van der Waals surface area contributed by atoms with E-state index in [1.807, 2.05) is 13.8 Å². The van der Waals surface area contributed by atoms with Crippen molar-refractivity contribution >= 4 is 11.4 Å². The summed E-state index contributed by atoms with van der Waals surface area (Å²) in [5, 5.41) is 0. The number of benzene rings is 1. The largest absolute Gasteiger partial charge is 0.399 e. The van der Waals surface area contributed by atoms with Crippen LogP contribution in [0.1, 0.15) is 13.8 Å². The van der Waals surface area contributed by atoms with Crippen molar-refractivity contribution < 1.29 is 13.5 Å². The molecule has 17 heavy (non-hydrogen) atoms. The second kappa shape index (κ2) is 6.39. The molecule has 0 unspecified atom stereocenters. The molecule has 1 aliphatic rings. The first-order chi connectivity index (χ1) is 8.18. The molecule has 0 aromatic heterocycles. The van der Waals surface area contributed by atoms with Crippen LogP contribution in [-0.4, -0.2) is 26.3 Å². The van der Waals surface area contributed by atoms with Gasteiger partial charge in [-0.25, -0.2) is 8.78 Å². The summed E-state index contributed by atoms with van der Waals surface area (Å²) in [5.41, 5.74) is 5.43. The van der Waals surface area contributed by atoms with Gasteiger partial charge in [-0.3, -0.25) is 0 Å². The standard InChI is InChI=1S/C10H12F2N2O.C2H6/c11-8-5-7(13)6-9(12)10(8)14-1-3-15-4-2-14;1-2/h5-6H,1-4,13H2;1-2H3. The fourth-order valence-electron chi connectivity index (χ4n) is 1.67. The number of ether oxygens (including phenoxy) is 1. The van der Waals surface area contributed by atoms with E-state index in [1.165, 1.54) is 0 Å². The van der Waals surface area contributed by atoms with Crippen LogP contribution < -0.4 is 10.6 Å². The predicted octanol–water partition coefficient (Wildman–Crippen LogP) is 2.41. The lowest BCUT2D eigenvalue weighted by Crippen LogP contribution is -2.37. The normalized spacial score (nSPS) is 15.2. The number of nitrogens with two attached hydrogens (primary N) is 1. The van der Waals surface area contributed by atoms with Crippen molar-refractivity contribution in [1.29, 1.82) is 0 Å². The van der Waals surface area contributed by atoms with Crippen LogP contribution >= 0.6 is 0 Å². The Morgan fingerprint density at radius 3 is 2.06 bits per heavy atom. The Hall–Kier alpha value is -1.36. The van der Waals surface area contributed by atoms with Crippen LogP contribution in [0.4, 0.5) is 20.2 Å². The van der Waals surface area contributed by atoms with Crippen molar-refractivity contribution in [2.75, 3.05) is 36.9 Å². The molecule has 1 aromatic carbocycles. The first-order valence-corrected chi connectivity index (χ1v) is 5.75. The van der Waals surface area contributed by atoms with Gasteiger partial charge >= 0.3 is 0 Å². The summed E-state index contributed by atoms with van der Waals surface area (Å²) < 4.78 is 32.1. The van der Waals surface area contributed by atoms with E-state index < -0.39 is 11.6 Å². The van der Waals surface area contributed by atoms with Gasteiger partial charge in [0, 0.05) is 18.8 Å². The van der Waals surface area contributed by atoms with Crippen LogP contribution in [0, 0.1) is 11.6 Å². The summed E-state index contributed by atoms with van der Waals surface area (Å²) in [6.45, 7) is 5.97. The Morgan fingerprint density at radius 2 is 1.59 bits per heavy atom. The summed E-state index contributed by atoms with van der Waals surface area (Å²) in [5.74, 6) is -1.23. The fourth-order valence-corrected chi connectivity index (χ4v) is 1.67. The van der Waals surface area contributed by atoms with Gasteiger partial charge in [-0.2, -0.15) is 0 Å². The van der Waals surface area contributed by atoms with E-state index in [0.29, 0.717) is 26.3 Å². The lowest BCUT2D eigenvalue weighted by Gasteiger charge is -2.29. The average Bonchev–Trinajstić information content (AvgIpc) is 2.31. The first-order valence-electron chi connectivity index (χ1n) is 5.75. The van der Waals surface area contributed by atoms with Gasteiger partial charge in [0.2, 0.25) is 0 Å². The van der Waals surface area contributed by atoms with Crippen molar-refractivity contribution in [2.24, 2.45) is 0 Å². The lowest BCUT2D eigenvalue weighted by atomic mass is 10.2. The summed E-state index contributed by atoms with van der Waals surface area (Å²) in [7, 11) is 0. The summed E-state index contributed by atoms with van der Waals surface area (Å²) in [4.78, 5) is 1.63. The zero-order valence-electron chi connectivity index (χ0n) is 10.2. The molecule has 0 radical (unpaired) electrons. The molecule has 0 bridgehead atoms. The minimum atomic E-state index is -0.616. The Labute approximate surface area is 100 Å². The van der Waals surface area contributed by atoms with E-state index in [9.17, 15) is 8.78 Å². The number of morpholine rings is 1. The van der Waals surface area contributed by atoms with Crippen LogP contribution in [0.5, 0.6) is 0 Å². The zero-order valence-corrected chi connectivity index (χ0v) is 10.2. The van der Waals surface area contributed by atoms with Crippen LogP contribution in [0.3, 0.4) is 0 Å². The number of halogens is 2. The molecule has 1 aliphatic heterocycles. The van der Waals surface area contributed by atoms with Gasteiger partial charge < -0.3 is 15.4 Å². The Kier molecular flexibility index (Phi) is 5.15. The topological polar surface area (TPSA) is 38.5 Å². The van der Waals surface area contributed by atoms with Gasteiger partial charge in [0.05, 0.1) is 13.2 Å². The molecular formula is C12H18F2N2O. The molecule has 5 heteroatoms. The minimum absolute atomic E-state index is 0.00694. The third kappa shape index (κ3) is 3.30. The average molecular weight is 244 g/mol. The fraction of sp³-hybridized carbons (Fsp3) is 0.500. The van der Waals surface area contributed by atoms with E-state index in [1.54, 1.807) is 4.90 Å². The van der Waals surface area contributed by atoms with Crippen LogP contribution in [0.15, 0.2) is 12.1 Å². The lowest BCUT2D eigenvalue weighted by molar-refractivity contribution is 0.122. The SMILES string of the molecule is CC.Nc1cc(F)c(N2CCOCC2)c(F)c1. The first kappa shape index (κ1) is 13.7. The molecule has 1 heterocycles. The van der Waals surface area contributed by atoms with Crippen molar-refractivity contribution in [3.63, 3.8) is 0 Å². The summed E-state index contributed by atoms with van der Waals surface area (Å²) in [6, 6.07) is 2.27. The van der Waals surface area contributed by atoms with Crippen LogP contribution in [0.25, 0.3) is 0 Å². The van der Waals surface area contributed by atoms with Gasteiger partial charge in [0.25, 0.3) is 0 Å². The number of anilines is 2. The third-order valence-corrected chi connectivity index (χ3v) is 2.37. The molecule has 96 valence electrons. The molecule has 0 amide bonds. The van der Waals surface area contributed by atoms with Crippen LogP contribution in [0.2, 0.25) is 0 Å². The van der Waals surface area contributed by atoms with Crippen LogP contribution in [-0.2, 0) is 4.74 Å². The second-order valence-electron chi connectivity index (χ2n) is 3.43. The van der Waals surface area contributed by atoms with Gasteiger partial charge in [-0.15, -0.1) is 0 Å². The summed E-state index contributed by atoms with van der Waals surface area (Å²) >= 11 is 0. The van der Waals surface area contributed by atoms with E-state index in [-0.39, 0.29) is 11.4 Å². The van der Waals surface area contributed by atoms with Crippen molar-refractivity contribution in [2.45, 2.75) is 13.8 Å². The molecule has 2 N–H and O–H groups in total. The molecule has 0 spiro atoms. The Bertz CT molecular complexity index is 343. The van der Waals surface area contributed by atoms with E-state index >= 15 is 0 Å². The number of nitrogens with zero attached hydrogens (tertiary/aromatic N) is 1. The highest BCUT2D eigenvalue weighted by molar-refractivity contribution is 5.56. The maximum absolute atomic E-state index is 13.5. The maximum atomic E-state index is 13.5. The van der Waals surface area contributed by atoms with Gasteiger partial charge in [-0.1, -0.05) is 13.8 Å². The molecule has 0 saturated carbocycles.